The molecule has 1 aliphatic heterocycles. The fourth-order valence-corrected chi connectivity index (χ4v) is 2.57. The van der Waals surface area contributed by atoms with Crippen molar-refractivity contribution in [3.05, 3.63) is 34.9 Å². The minimum absolute atomic E-state index is 0.380. The Hall–Kier alpha value is -1.86. The molecule has 3 rings (SSSR count). The van der Waals surface area contributed by atoms with E-state index in [-0.39, 0.29) is 0 Å². The Balaban J connectivity index is 2.09. The monoisotopic (exact) mass is 335 g/mol. The first-order chi connectivity index (χ1) is 9.79. The average molecular weight is 336 g/mol. The molecule has 2 heterocycles. The first-order valence-corrected chi connectivity index (χ1v) is 7.07. The molecular formula is C13H14BrN5O. The Morgan fingerprint density at radius 2 is 2.20 bits per heavy atom. The molecule has 0 saturated carbocycles. The number of hydrazine groups is 1. The molecule has 6 nitrogen and oxygen atoms in total. The molecule has 0 unspecified atom stereocenters. The molecule has 7 heteroatoms. The molecule has 0 atom stereocenters. The predicted molar refractivity (Wildman–Crippen MR) is 81.1 cm³/mol. The summed E-state index contributed by atoms with van der Waals surface area (Å²) in [5, 5.41) is 0. The largest absolute Gasteiger partial charge is 0.491 e. The predicted octanol–water partition coefficient (Wildman–Crippen LogP) is 2.45. The van der Waals surface area contributed by atoms with Crippen molar-refractivity contribution in [1.29, 1.82) is 0 Å². The summed E-state index contributed by atoms with van der Waals surface area (Å²) in [5.74, 6) is 7.40. The molecule has 0 amide bonds. The van der Waals surface area contributed by atoms with Crippen LogP contribution in [-0.4, -0.2) is 23.1 Å². The van der Waals surface area contributed by atoms with Crippen LogP contribution in [0.5, 0.6) is 5.75 Å². The number of anilines is 3. The number of rotatable bonds is 2. The fourth-order valence-electron chi connectivity index (χ4n) is 2.16. The van der Waals surface area contributed by atoms with Crippen molar-refractivity contribution in [2.45, 2.75) is 6.42 Å². The van der Waals surface area contributed by atoms with Crippen LogP contribution in [0.4, 0.5) is 17.5 Å². The van der Waals surface area contributed by atoms with Crippen LogP contribution >= 0.6 is 15.9 Å². The highest BCUT2D eigenvalue weighted by Crippen LogP contribution is 2.37. The summed E-state index contributed by atoms with van der Waals surface area (Å²) >= 11 is 3.50. The van der Waals surface area contributed by atoms with Gasteiger partial charge in [0.25, 0.3) is 0 Å². The number of halogens is 1. The lowest BCUT2D eigenvalue weighted by Crippen LogP contribution is -2.21. The molecule has 0 radical (unpaired) electrons. The van der Waals surface area contributed by atoms with E-state index in [9.17, 15) is 0 Å². The van der Waals surface area contributed by atoms with E-state index in [1.165, 1.54) is 0 Å². The second kappa shape index (κ2) is 5.64. The van der Waals surface area contributed by atoms with E-state index in [0.717, 1.165) is 34.7 Å². The quantitative estimate of drug-likeness (QED) is 0.648. The van der Waals surface area contributed by atoms with E-state index >= 15 is 0 Å². The number of fused-ring (bicyclic) bond motifs is 1. The van der Waals surface area contributed by atoms with Gasteiger partial charge in [-0.05, 0) is 34.5 Å². The van der Waals surface area contributed by atoms with Gasteiger partial charge in [0.1, 0.15) is 5.75 Å². The van der Waals surface area contributed by atoms with E-state index < -0.39 is 0 Å². The number of hydrogen-bond donors (Lipinski definition) is 2. The van der Waals surface area contributed by atoms with Gasteiger partial charge in [0, 0.05) is 12.7 Å². The highest BCUT2D eigenvalue weighted by atomic mass is 79.9. The number of nitrogens with zero attached hydrogens (tertiary/aromatic N) is 3. The van der Waals surface area contributed by atoms with Gasteiger partial charge < -0.3 is 9.64 Å². The molecule has 1 aromatic carbocycles. The Kier molecular flexibility index (Phi) is 3.70. The van der Waals surface area contributed by atoms with Gasteiger partial charge in [-0.25, -0.2) is 10.8 Å². The zero-order valence-corrected chi connectivity index (χ0v) is 12.3. The van der Waals surface area contributed by atoms with Crippen LogP contribution in [0.1, 0.15) is 6.42 Å². The fraction of sp³-hybridized carbons (Fsp3) is 0.231. The Bertz CT molecular complexity index is 621. The van der Waals surface area contributed by atoms with Crippen LogP contribution in [-0.2, 0) is 0 Å². The van der Waals surface area contributed by atoms with E-state index in [0.29, 0.717) is 12.6 Å². The first kappa shape index (κ1) is 13.1. The maximum absolute atomic E-state index is 5.76. The molecular weight excluding hydrogens is 322 g/mol. The highest BCUT2D eigenvalue weighted by Gasteiger charge is 2.21. The minimum Gasteiger partial charge on any atom is -0.491 e. The number of nitrogens with two attached hydrogens (primary N) is 1. The van der Waals surface area contributed by atoms with Crippen molar-refractivity contribution in [1.82, 2.24) is 9.97 Å². The smallest absolute Gasteiger partial charge is 0.239 e. The van der Waals surface area contributed by atoms with Crippen LogP contribution < -0.4 is 20.9 Å². The lowest BCUT2D eigenvalue weighted by molar-refractivity contribution is 0.322. The van der Waals surface area contributed by atoms with Crippen molar-refractivity contribution in [2.75, 3.05) is 23.5 Å². The first-order valence-electron chi connectivity index (χ1n) is 6.28. The van der Waals surface area contributed by atoms with Crippen molar-refractivity contribution in [3.8, 4) is 5.75 Å². The standard InChI is InChI=1S/C13H14BrN5O/c14-9-8-16-13(18-15)17-12(9)19-6-3-7-20-11-5-2-1-4-10(11)19/h1-2,4-5,8H,3,6-7,15H2,(H,16,17,18). The van der Waals surface area contributed by atoms with Crippen LogP contribution in [0.3, 0.4) is 0 Å². The van der Waals surface area contributed by atoms with Gasteiger partial charge in [-0.1, -0.05) is 12.1 Å². The third kappa shape index (κ3) is 2.41. The maximum Gasteiger partial charge on any atom is 0.239 e. The summed E-state index contributed by atoms with van der Waals surface area (Å²) in [4.78, 5) is 10.6. The molecule has 0 saturated heterocycles. The zero-order valence-electron chi connectivity index (χ0n) is 10.7. The summed E-state index contributed by atoms with van der Waals surface area (Å²) < 4.78 is 6.57. The number of nitrogens with one attached hydrogen (secondary N) is 1. The number of para-hydroxylation sites is 2. The van der Waals surface area contributed by atoms with E-state index in [1.807, 2.05) is 24.3 Å². The number of benzene rings is 1. The molecule has 0 bridgehead atoms. The van der Waals surface area contributed by atoms with E-state index in [1.54, 1.807) is 6.20 Å². The number of aromatic nitrogens is 2. The Labute approximate surface area is 125 Å². The SMILES string of the molecule is NNc1ncc(Br)c(N2CCCOc3ccccc32)n1. The molecule has 20 heavy (non-hydrogen) atoms. The van der Waals surface area contributed by atoms with Gasteiger partial charge in [-0.15, -0.1) is 0 Å². The molecule has 104 valence electrons. The van der Waals surface area contributed by atoms with Crippen LogP contribution in [0, 0.1) is 0 Å². The zero-order chi connectivity index (χ0) is 13.9. The molecule has 3 N–H and O–H groups in total. The average Bonchev–Trinajstić information content (AvgIpc) is 2.70. The molecule has 2 aromatic rings. The number of ether oxygens (including phenoxy) is 1. The van der Waals surface area contributed by atoms with Gasteiger partial charge in [-0.3, -0.25) is 5.43 Å². The van der Waals surface area contributed by atoms with Gasteiger partial charge in [0.05, 0.1) is 16.8 Å². The second-order valence-corrected chi connectivity index (χ2v) is 5.19. The second-order valence-electron chi connectivity index (χ2n) is 4.33. The summed E-state index contributed by atoms with van der Waals surface area (Å²) in [6.45, 7) is 1.51. The summed E-state index contributed by atoms with van der Waals surface area (Å²) in [6.07, 6.45) is 2.60. The van der Waals surface area contributed by atoms with Gasteiger partial charge in [0.15, 0.2) is 5.82 Å². The van der Waals surface area contributed by atoms with E-state index in [4.69, 9.17) is 10.6 Å². The van der Waals surface area contributed by atoms with Gasteiger partial charge in [0.2, 0.25) is 5.95 Å². The third-order valence-corrected chi connectivity index (χ3v) is 3.61. The van der Waals surface area contributed by atoms with Crippen molar-refractivity contribution in [2.24, 2.45) is 5.84 Å². The summed E-state index contributed by atoms with van der Waals surface area (Å²) in [6, 6.07) is 7.93. The van der Waals surface area contributed by atoms with Crippen LogP contribution in [0.25, 0.3) is 0 Å². The number of nitrogen functional groups attached to an aromatic ring is 1. The van der Waals surface area contributed by atoms with Gasteiger partial charge >= 0.3 is 0 Å². The maximum atomic E-state index is 5.76. The summed E-state index contributed by atoms with van der Waals surface area (Å²) in [7, 11) is 0. The summed E-state index contributed by atoms with van der Waals surface area (Å²) in [5.41, 5.74) is 3.47. The molecule has 1 aromatic heterocycles. The van der Waals surface area contributed by atoms with Crippen LogP contribution in [0.2, 0.25) is 0 Å². The van der Waals surface area contributed by atoms with Gasteiger partial charge in [-0.2, -0.15) is 4.98 Å². The molecule has 1 aliphatic rings. The normalized spacial score (nSPS) is 14.2. The van der Waals surface area contributed by atoms with Crippen molar-refractivity contribution >= 4 is 33.4 Å². The lowest BCUT2D eigenvalue weighted by atomic mass is 10.2. The van der Waals surface area contributed by atoms with Crippen molar-refractivity contribution < 1.29 is 4.74 Å². The molecule has 0 aliphatic carbocycles. The van der Waals surface area contributed by atoms with Crippen molar-refractivity contribution in [3.63, 3.8) is 0 Å². The highest BCUT2D eigenvalue weighted by molar-refractivity contribution is 9.10. The van der Waals surface area contributed by atoms with Crippen LogP contribution in [0.15, 0.2) is 34.9 Å². The molecule has 0 fully saturated rings. The molecule has 0 spiro atoms. The lowest BCUT2D eigenvalue weighted by Gasteiger charge is -2.23. The minimum atomic E-state index is 0.380. The number of hydrogen-bond acceptors (Lipinski definition) is 6. The van der Waals surface area contributed by atoms with E-state index in [2.05, 4.69) is 36.2 Å². The topological polar surface area (TPSA) is 76.3 Å². The Morgan fingerprint density at radius 1 is 1.35 bits per heavy atom. The third-order valence-electron chi connectivity index (χ3n) is 3.05. The Morgan fingerprint density at radius 3 is 3.05 bits per heavy atom.